The Labute approximate surface area is 193 Å². The summed E-state index contributed by atoms with van der Waals surface area (Å²) in [4.78, 5) is 24.0. The van der Waals surface area contributed by atoms with Gasteiger partial charge in [0, 0.05) is 7.85 Å². The molecule has 6 nitrogen and oxygen atoms in total. The van der Waals surface area contributed by atoms with Crippen LogP contribution in [0.1, 0.15) is 31.0 Å². The lowest BCUT2D eigenvalue weighted by atomic mass is 9.87. The first-order valence-corrected chi connectivity index (χ1v) is 10.9. The van der Waals surface area contributed by atoms with Crippen LogP contribution in [0.2, 0.25) is 0 Å². The Kier molecular flexibility index (Phi) is 5.29. The molecule has 0 aromatic heterocycles. The van der Waals surface area contributed by atoms with Gasteiger partial charge >= 0.3 is 5.97 Å². The van der Waals surface area contributed by atoms with Crippen molar-refractivity contribution in [3.8, 4) is 28.4 Å². The van der Waals surface area contributed by atoms with Crippen LogP contribution in [0.5, 0.6) is 17.2 Å². The number of Topliss-reactive ketones (excluding diaryl/α,β-unsaturated/α-hetero) is 1. The predicted octanol–water partition coefficient (Wildman–Crippen LogP) is 4.94. The van der Waals surface area contributed by atoms with E-state index in [9.17, 15) is 9.59 Å². The summed E-state index contributed by atoms with van der Waals surface area (Å²) >= 11 is 0. The molecular formula is C27H26O6. The van der Waals surface area contributed by atoms with E-state index in [0.29, 0.717) is 17.9 Å². The summed E-state index contributed by atoms with van der Waals surface area (Å²) < 4.78 is 16.1. The molecule has 6 heteroatoms. The third-order valence-corrected chi connectivity index (χ3v) is 6.40. The van der Waals surface area contributed by atoms with Crippen molar-refractivity contribution in [2.45, 2.75) is 31.6 Å². The fraction of sp³-hybridized carbons (Fsp3) is 0.259. The standard InChI is InChI=1S/C27H24O6.H2/c1-17-2-3-18(12-22(17)19-4-7-21(8-5-19)31-15-26(29)30)13-25(28)27(10-11-27)20-6-9-23-24(14-20)33-16-32-23;/h2-9,12,14H,10-11,13,15-16H2,1H3,(H,29,30);1H. The van der Waals surface area contributed by atoms with Crippen molar-refractivity contribution in [2.24, 2.45) is 0 Å². The number of ether oxygens (including phenoxy) is 3. The van der Waals surface area contributed by atoms with Crippen LogP contribution < -0.4 is 14.2 Å². The SMILES string of the molecule is Cc1ccc(CC(=O)C2(c3ccc4c(c3)OCO4)CC2)cc1-c1ccc(OCC(=O)O)cc1.[HH]. The van der Waals surface area contributed by atoms with E-state index in [1.54, 1.807) is 12.1 Å². The highest BCUT2D eigenvalue weighted by atomic mass is 16.7. The van der Waals surface area contributed by atoms with E-state index in [0.717, 1.165) is 46.4 Å². The van der Waals surface area contributed by atoms with Crippen LogP contribution in [0.4, 0.5) is 0 Å². The molecule has 1 aliphatic heterocycles. The number of hydrogen-bond donors (Lipinski definition) is 1. The van der Waals surface area contributed by atoms with Crippen LogP contribution in [-0.2, 0) is 21.4 Å². The first-order valence-electron chi connectivity index (χ1n) is 10.9. The van der Waals surface area contributed by atoms with Gasteiger partial charge in [-0.05, 0) is 71.8 Å². The van der Waals surface area contributed by atoms with Gasteiger partial charge in [-0.1, -0.05) is 36.4 Å². The average Bonchev–Trinajstić information content (AvgIpc) is 3.50. The summed E-state index contributed by atoms with van der Waals surface area (Å²) in [6, 6.07) is 19.2. The molecular weight excluding hydrogens is 420 g/mol. The van der Waals surface area contributed by atoms with E-state index in [1.807, 2.05) is 49.4 Å². The normalized spacial score (nSPS) is 15.2. The zero-order chi connectivity index (χ0) is 23.0. The van der Waals surface area contributed by atoms with Crippen molar-refractivity contribution < 1.29 is 30.3 Å². The van der Waals surface area contributed by atoms with E-state index in [2.05, 4.69) is 6.07 Å². The average molecular weight is 446 g/mol. The molecule has 0 atom stereocenters. The van der Waals surface area contributed by atoms with Gasteiger partial charge in [0.15, 0.2) is 18.1 Å². The maximum absolute atomic E-state index is 13.4. The Morgan fingerprint density at radius 2 is 1.76 bits per heavy atom. The number of ketones is 1. The van der Waals surface area contributed by atoms with E-state index in [4.69, 9.17) is 19.3 Å². The fourth-order valence-electron chi connectivity index (χ4n) is 4.37. The second kappa shape index (κ2) is 8.28. The van der Waals surface area contributed by atoms with Gasteiger partial charge in [0.2, 0.25) is 6.79 Å². The predicted molar refractivity (Wildman–Crippen MR) is 124 cm³/mol. The molecule has 0 saturated heterocycles. The van der Waals surface area contributed by atoms with Gasteiger partial charge in [0.1, 0.15) is 11.5 Å². The van der Waals surface area contributed by atoms with Crippen LogP contribution >= 0.6 is 0 Å². The van der Waals surface area contributed by atoms with Crippen LogP contribution in [0, 0.1) is 6.92 Å². The van der Waals surface area contributed by atoms with Crippen LogP contribution in [0.15, 0.2) is 60.7 Å². The van der Waals surface area contributed by atoms with Gasteiger partial charge in [-0.15, -0.1) is 0 Å². The van der Waals surface area contributed by atoms with Crippen LogP contribution in [0.25, 0.3) is 11.1 Å². The maximum Gasteiger partial charge on any atom is 0.341 e. The minimum absolute atomic E-state index is 0. The molecule has 3 aromatic rings. The van der Waals surface area contributed by atoms with Gasteiger partial charge in [0.05, 0.1) is 5.41 Å². The first-order chi connectivity index (χ1) is 15.9. The minimum Gasteiger partial charge on any atom is -0.482 e. The molecule has 5 rings (SSSR count). The van der Waals surface area contributed by atoms with E-state index in [1.165, 1.54) is 0 Å². The Balaban J connectivity index is 0.00000274. The van der Waals surface area contributed by atoms with Gasteiger partial charge in [0.25, 0.3) is 0 Å². The summed E-state index contributed by atoms with van der Waals surface area (Å²) in [6.07, 6.45) is 2.06. The Morgan fingerprint density at radius 3 is 2.48 bits per heavy atom. The summed E-state index contributed by atoms with van der Waals surface area (Å²) in [5.74, 6) is 1.14. The van der Waals surface area contributed by atoms with Crippen LogP contribution in [-0.4, -0.2) is 30.3 Å². The first kappa shape index (κ1) is 21.1. The van der Waals surface area contributed by atoms with Crippen molar-refractivity contribution >= 4 is 11.8 Å². The maximum atomic E-state index is 13.4. The molecule has 1 fully saturated rings. The van der Waals surface area contributed by atoms with Crippen LogP contribution in [0.3, 0.4) is 0 Å². The molecule has 1 heterocycles. The highest BCUT2D eigenvalue weighted by Crippen LogP contribution is 2.51. The fourth-order valence-corrected chi connectivity index (χ4v) is 4.37. The van der Waals surface area contributed by atoms with Crippen molar-refractivity contribution in [1.82, 2.24) is 0 Å². The molecule has 0 amide bonds. The number of carboxylic acids is 1. The number of carbonyl (C=O) groups excluding carboxylic acids is 1. The molecule has 1 saturated carbocycles. The zero-order valence-electron chi connectivity index (χ0n) is 18.3. The van der Waals surface area contributed by atoms with Gasteiger partial charge < -0.3 is 19.3 Å². The number of aryl methyl sites for hydroxylation is 1. The van der Waals surface area contributed by atoms with E-state index in [-0.39, 0.29) is 20.6 Å². The molecule has 1 N–H and O–H groups in total. The zero-order valence-corrected chi connectivity index (χ0v) is 18.3. The lowest BCUT2D eigenvalue weighted by molar-refractivity contribution is -0.139. The largest absolute Gasteiger partial charge is 0.482 e. The molecule has 33 heavy (non-hydrogen) atoms. The smallest absolute Gasteiger partial charge is 0.341 e. The highest BCUT2D eigenvalue weighted by Gasteiger charge is 2.50. The molecule has 0 spiro atoms. The Hall–Kier alpha value is -3.80. The third kappa shape index (κ3) is 4.16. The van der Waals surface area contributed by atoms with Crippen molar-refractivity contribution in [1.29, 1.82) is 0 Å². The molecule has 0 unspecified atom stereocenters. The lowest BCUT2D eigenvalue weighted by Gasteiger charge is -2.16. The number of aliphatic carboxylic acids is 1. The highest BCUT2D eigenvalue weighted by molar-refractivity contribution is 5.95. The number of hydrogen-bond acceptors (Lipinski definition) is 5. The topological polar surface area (TPSA) is 82.1 Å². The van der Waals surface area contributed by atoms with Gasteiger partial charge in [-0.25, -0.2) is 4.79 Å². The third-order valence-electron chi connectivity index (χ3n) is 6.40. The Bertz CT molecular complexity index is 1230. The number of carboxylic acid groups (broad SMARTS) is 1. The number of carbonyl (C=O) groups is 2. The summed E-state index contributed by atoms with van der Waals surface area (Å²) in [6.45, 7) is 1.88. The lowest BCUT2D eigenvalue weighted by Crippen LogP contribution is -2.22. The van der Waals surface area contributed by atoms with Crippen molar-refractivity contribution in [3.05, 3.63) is 77.4 Å². The van der Waals surface area contributed by atoms with Gasteiger partial charge in [-0.3, -0.25) is 4.79 Å². The number of rotatable bonds is 8. The second-order valence-electron chi connectivity index (χ2n) is 8.61. The van der Waals surface area contributed by atoms with E-state index < -0.39 is 11.4 Å². The minimum atomic E-state index is -1.01. The quantitative estimate of drug-likeness (QED) is 0.528. The molecule has 0 bridgehead atoms. The monoisotopic (exact) mass is 446 g/mol. The molecule has 170 valence electrons. The van der Waals surface area contributed by atoms with E-state index >= 15 is 0 Å². The molecule has 1 aliphatic carbocycles. The summed E-state index contributed by atoms with van der Waals surface area (Å²) in [5.41, 5.74) is 4.66. The second-order valence-corrected chi connectivity index (χ2v) is 8.61. The summed E-state index contributed by atoms with van der Waals surface area (Å²) in [7, 11) is 0. The molecule has 3 aromatic carbocycles. The van der Waals surface area contributed by atoms with Crippen molar-refractivity contribution in [2.75, 3.05) is 13.4 Å². The van der Waals surface area contributed by atoms with Gasteiger partial charge in [-0.2, -0.15) is 0 Å². The number of benzene rings is 3. The Morgan fingerprint density at radius 1 is 1.00 bits per heavy atom. The van der Waals surface area contributed by atoms with Crippen molar-refractivity contribution in [3.63, 3.8) is 0 Å². The molecule has 2 aliphatic rings. The summed E-state index contributed by atoms with van der Waals surface area (Å²) in [5, 5.41) is 8.76. The number of fused-ring (bicyclic) bond motifs is 1. The molecule has 0 radical (unpaired) electrons.